The third-order valence-electron chi connectivity index (χ3n) is 3.43. The zero-order valence-electron chi connectivity index (χ0n) is 12.2. The highest BCUT2D eigenvalue weighted by atomic mass is 127. The summed E-state index contributed by atoms with van der Waals surface area (Å²) in [5.41, 5.74) is 5.03. The minimum atomic E-state index is -4.75. The van der Waals surface area contributed by atoms with Gasteiger partial charge in [0, 0.05) is 9.13 Å². The summed E-state index contributed by atoms with van der Waals surface area (Å²) in [6, 6.07) is 4.82. The Morgan fingerprint density at radius 1 is 1.24 bits per heavy atom. The molecule has 4 N–H and O–H groups in total. The van der Waals surface area contributed by atoms with Crippen LogP contribution in [0.2, 0.25) is 0 Å². The summed E-state index contributed by atoms with van der Waals surface area (Å²) in [5.74, 6) is -1.80. The standard InChI is InChI=1S/C15H9F4IN4O/c16-8-4-6(3-7(5-8)15(17,18)19)14(25)22-10-2-1-9-11(12(10)20)13(21)24-23-9/h1-5H,(H,22,25)(H3,21,23,24). The molecule has 0 bridgehead atoms. The normalized spacial score (nSPS) is 11.7. The van der Waals surface area contributed by atoms with E-state index in [-0.39, 0.29) is 5.82 Å². The maximum absolute atomic E-state index is 13.4. The molecule has 0 atom stereocenters. The van der Waals surface area contributed by atoms with Gasteiger partial charge in [-0.3, -0.25) is 9.89 Å². The quantitative estimate of drug-likeness (QED) is 0.394. The second kappa shape index (κ2) is 6.17. The van der Waals surface area contributed by atoms with Crippen molar-refractivity contribution in [3.63, 3.8) is 0 Å². The molecule has 0 fully saturated rings. The van der Waals surface area contributed by atoms with Gasteiger partial charge in [0.25, 0.3) is 5.91 Å². The van der Waals surface area contributed by atoms with Crippen LogP contribution in [0.15, 0.2) is 30.3 Å². The molecule has 0 radical (unpaired) electrons. The van der Waals surface area contributed by atoms with Crippen LogP contribution in [0.1, 0.15) is 15.9 Å². The number of nitrogens with one attached hydrogen (secondary N) is 2. The first-order valence-corrected chi connectivity index (χ1v) is 7.86. The minimum absolute atomic E-state index is 0.223. The van der Waals surface area contributed by atoms with E-state index in [1.54, 1.807) is 12.1 Å². The van der Waals surface area contributed by atoms with E-state index in [4.69, 9.17) is 5.73 Å². The van der Waals surface area contributed by atoms with Gasteiger partial charge in [-0.05, 0) is 52.9 Å². The van der Waals surface area contributed by atoms with Crippen molar-refractivity contribution in [1.29, 1.82) is 0 Å². The number of aromatic nitrogens is 2. The molecule has 3 rings (SSSR count). The number of nitrogens with two attached hydrogens (primary N) is 1. The molecule has 25 heavy (non-hydrogen) atoms. The number of alkyl halides is 3. The Balaban J connectivity index is 1.97. The van der Waals surface area contributed by atoms with Crippen molar-refractivity contribution in [3.05, 3.63) is 50.8 Å². The number of hydrogen-bond acceptors (Lipinski definition) is 3. The molecule has 0 saturated carbocycles. The topological polar surface area (TPSA) is 83.8 Å². The van der Waals surface area contributed by atoms with Crippen LogP contribution in [-0.4, -0.2) is 16.1 Å². The first-order chi connectivity index (χ1) is 11.7. The fourth-order valence-electron chi connectivity index (χ4n) is 2.27. The van der Waals surface area contributed by atoms with E-state index in [1.165, 1.54) is 0 Å². The fraction of sp³-hybridized carbons (Fsp3) is 0.0667. The molecular formula is C15H9F4IN4O. The molecular weight excluding hydrogens is 455 g/mol. The lowest BCUT2D eigenvalue weighted by atomic mass is 10.1. The number of carbonyl (C=O) groups excluding carboxylic acids is 1. The van der Waals surface area contributed by atoms with Gasteiger partial charge in [-0.1, -0.05) is 0 Å². The second-order valence-corrected chi connectivity index (χ2v) is 6.22. The molecule has 5 nitrogen and oxygen atoms in total. The van der Waals surface area contributed by atoms with E-state index in [0.29, 0.717) is 32.3 Å². The Labute approximate surface area is 151 Å². The number of nitrogen functional groups attached to an aromatic ring is 1. The summed E-state index contributed by atoms with van der Waals surface area (Å²) in [5, 5.41) is 9.59. The number of nitrogens with zero attached hydrogens (tertiary/aromatic N) is 1. The number of amides is 1. The number of fused-ring (bicyclic) bond motifs is 1. The molecule has 0 saturated heterocycles. The number of carbonyl (C=O) groups is 1. The Morgan fingerprint density at radius 2 is 1.96 bits per heavy atom. The number of aromatic amines is 1. The molecule has 3 aromatic rings. The summed E-state index contributed by atoms with van der Waals surface area (Å²) >= 11 is 1.93. The molecule has 0 aliphatic heterocycles. The van der Waals surface area contributed by atoms with Crippen molar-refractivity contribution in [3.8, 4) is 0 Å². The van der Waals surface area contributed by atoms with Crippen LogP contribution in [-0.2, 0) is 6.18 Å². The Kier molecular flexibility index (Phi) is 4.31. The first kappa shape index (κ1) is 17.5. The number of anilines is 2. The molecule has 2 aromatic carbocycles. The lowest BCUT2D eigenvalue weighted by molar-refractivity contribution is -0.137. The molecule has 0 aliphatic rings. The molecule has 1 heterocycles. The van der Waals surface area contributed by atoms with Gasteiger partial charge in [-0.25, -0.2) is 4.39 Å². The Bertz CT molecular complexity index is 984. The zero-order valence-corrected chi connectivity index (χ0v) is 14.4. The first-order valence-electron chi connectivity index (χ1n) is 6.78. The van der Waals surface area contributed by atoms with Gasteiger partial charge in [-0.15, -0.1) is 0 Å². The van der Waals surface area contributed by atoms with E-state index < -0.39 is 29.0 Å². The van der Waals surface area contributed by atoms with Gasteiger partial charge in [0.15, 0.2) is 5.82 Å². The summed E-state index contributed by atoms with van der Waals surface area (Å²) in [6.45, 7) is 0. The Hall–Kier alpha value is -2.37. The number of benzene rings is 2. The maximum atomic E-state index is 13.4. The van der Waals surface area contributed by atoms with Crippen LogP contribution in [0.25, 0.3) is 10.9 Å². The molecule has 130 valence electrons. The van der Waals surface area contributed by atoms with Crippen LogP contribution in [0.4, 0.5) is 29.1 Å². The molecule has 0 spiro atoms. The van der Waals surface area contributed by atoms with Gasteiger partial charge in [0.2, 0.25) is 0 Å². The van der Waals surface area contributed by atoms with Crippen LogP contribution < -0.4 is 11.1 Å². The molecule has 0 aliphatic carbocycles. The fourth-order valence-corrected chi connectivity index (χ4v) is 3.15. The van der Waals surface area contributed by atoms with Gasteiger partial charge in [-0.2, -0.15) is 18.3 Å². The Morgan fingerprint density at radius 3 is 2.64 bits per heavy atom. The SMILES string of the molecule is Nc1n[nH]c2ccc(NC(=O)c3cc(F)cc(C(F)(F)F)c3)c(I)c12. The van der Waals surface area contributed by atoms with Gasteiger partial charge in [0.05, 0.1) is 22.2 Å². The van der Waals surface area contributed by atoms with Crippen LogP contribution >= 0.6 is 22.6 Å². The van der Waals surface area contributed by atoms with Gasteiger partial charge >= 0.3 is 6.18 Å². The van der Waals surface area contributed by atoms with Crippen LogP contribution in [0.3, 0.4) is 0 Å². The number of hydrogen-bond donors (Lipinski definition) is 3. The van der Waals surface area contributed by atoms with E-state index >= 15 is 0 Å². The third-order valence-corrected chi connectivity index (χ3v) is 4.55. The number of rotatable bonds is 2. The van der Waals surface area contributed by atoms with E-state index in [1.807, 2.05) is 22.6 Å². The predicted molar refractivity (Wildman–Crippen MR) is 92.6 cm³/mol. The van der Waals surface area contributed by atoms with Crippen LogP contribution in [0, 0.1) is 9.39 Å². The van der Waals surface area contributed by atoms with Crippen molar-refractivity contribution in [2.24, 2.45) is 0 Å². The monoisotopic (exact) mass is 464 g/mol. The highest BCUT2D eigenvalue weighted by molar-refractivity contribution is 14.1. The summed E-state index contributed by atoms with van der Waals surface area (Å²) in [6.07, 6.45) is -4.75. The predicted octanol–water partition coefficient (Wildman–Crippen LogP) is 4.16. The molecule has 1 aromatic heterocycles. The van der Waals surface area contributed by atoms with Gasteiger partial charge in [0.1, 0.15) is 5.82 Å². The van der Waals surface area contributed by atoms with Crippen molar-refractivity contribution in [1.82, 2.24) is 10.2 Å². The summed E-state index contributed by atoms with van der Waals surface area (Å²) in [7, 11) is 0. The maximum Gasteiger partial charge on any atom is 0.416 e. The van der Waals surface area contributed by atoms with E-state index in [0.717, 1.165) is 6.07 Å². The van der Waals surface area contributed by atoms with Crippen LogP contribution in [0.5, 0.6) is 0 Å². The average molecular weight is 464 g/mol. The molecule has 0 unspecified atom stereocenters. The third kappa shape index (κ3) is 3.38. The summed E-state index contributed by atoms with van der Waals surface area (Å²) < 4.78 is 52.3. The minimum Gasteiger partial charge on any atom is -0.382 e. The smallest absolute Gasteiger partial charge is 0.382 e. The average Bonchev–Trinajstić information content (AvgIpc) is 2.90. The van der Waals surface area contributed by atoms with Crippen molar-refractivity contribution >= 4 is 50.9 Å². The largest absolute Gasteiger partial charge is 0.416 e. The van der Waals surface area contributed by atoms with Crippen molar-refractivity contribution < 1.29 is 22.4 Å². The highest BCUT2D eigenvalue weighted by Crippen LogP contribution is 2.32. The summed E-state index contributed by atoms with van der Waals surface area (Å²) in [4.78, 5) is 12.3. The highest BCUT2D eigenvalue weighted by Gasteiger charge is 2.32. The van der Waals surface area contributed by atoms with Crippen molar-refractivity contribution in [2.45, 2.75) is 6.18 Å². The number of H-pyrrole nitrogens is 1. The lowest BCUT2D eigenvalue weighted by Crippen LogP contribution is -2.15. The molecule has 10 heteroatoms. The van der Waals surface area contributed by atoms with E-state index in [9.17, 15) is 22.4 Å². The lowest BCUT2D eigenvalue weighted by Gasteiger charge is -2.11. The van der Waals surface area contributed by atoms with E-state index in [2.05, 4.69) is 15.5 Å². The zero-order chi connectivity index (χ0) is 18.4. The van der Waals surface area contributed by atoms with Gasteiger partial charge < -0.3 is 11.1 Å². The number of halogens is 5. The molecule has 1 amide bonds. The van der Waals surface area contributed by atoms with Crippen molar-refractivity contribution in [2.75, 3.05) is 11.1 Å². The second-order valence-electron chi connectivity index (χ2n) is 5.14.